The Hall–Kier alpha value is -1.02. The van der Waals surface area contributed by atoms with Crippen LogP contribution in [0.3, 0.4) is 0 Å². The average molecular weight is 250 g/mol. The molecule has 2 atom stereocenters. The molecule has 2 unspecified atom stereocenters. The first-order valence-corrected chi connectivity index (χ1v) is 6.73. The summed E-state index contributed by atoms with van der Waals surface area (Å²) in [5.74, 6) is 0.883. The monoisotopic (exact) mass is 250 g/mol. The zero-order chi connectivity index (χ0) is 13.9. The van der Waals surface area contributed by atoms with Gasteiger partial charge >= 0.3 is 0 Å². The normalized spacial score (nSPS) is 15.3. The molecule has 102 valence electrons. The van der Waals surface area contributed by atoms with E-state index in [9.17, 15) is 5.11 Å². The summed E-state index contributed by atoms with van der Waals surface area (Å²) < 4.78 is 5.88. The summed E-state index contributed by atoms with van der Waals surface area (Å²) in [7, 11) is 0. The van der Waals surface area contributed by atoms with Crippen molar-refractivity contribution >= 4 is 0 Å². The Balaban J connectivity index is 3.11. The number of aryl methyl sites for hydroxylation is 1. The minimum Gasteiger partial charge on any atom is -0.488 e. The van der Waals surface area contributed by atoms with Crippen molar-refractivity contribution in [3.8, 4) is 5.75 Å². The highest BCUT2D eigenvalue weighted by Crippen LogP contribution is 2.33. The van der Waals surface area contributed by atoms with E-state index < -0.39 is 6.10 Å². The molecule has 0 fully saturated rings. The Morgan fingerprint density at radius 2 is 1.83 bits per heavy atom. The lowest BCUT2D eigenvalue weighted by molar-refractivity contribution is 0.0592. The van der Waals surface area contributed by atoms with Crippen LogP contribution in [-0.2, 0) is 11.8 Å². The molecule has 1 aromatic rings. The van der Waals surface area contributed by atoms with E-state index in [0.29, 0.717) is 0 Å². The van der Waals surface area contributed by atoms with Gasteiger partial charge in [0.1, 0.15) is 11.9 Å². The molecule has 1 rings (SSSR count). The van der Waals surface area contributed by atoms with E-state index in [1.807, 2.05) is 13.0 Å². The molecule has 0 bridgehead atoms. The number of benzene rings is 1. The fourth-order valence-corrected chi connectivity index (χ4v) is 1.78. The predicted octanol–water partition coefficient (Wildman–Crippen LogP) is 3.69. The van der Waals surface area contributed by atoms with Crippen LogP contribution in [0.15, 0.2) is 18.2 Å². The maximum absolute atomic E-state index is 9.55. The fourth-order valence-electron chi connectivity index (χ4n) is 1.78. The molecule has 0 aromatic heterocycles. The van der Waals surface area contributed by atoms with Gasteiger partial charge in [0, 0.05) is 0 Å². The highest BCUT2D eigenvalue weighted by molar-refractivity contribution is 5.41. The summed E-state index contributed by atoms with van der Waals surface area (Å²) in [6, 6.07) is 6.34. The van der Waals surface area contributed by atoms with Crippen molar-refractivity contribution in [3.05, 3.63) is 29.3 Å². The lowest BCUT2D eigenvalue weighted by atomic mass is 9.85. The number of hydrogen-bond acceptors (Lipinski definition) is 2. The first kappa shape index (κ1) is 15.0. The largest absolute Gasteiger partial charge is 0.488 e. The van der Waals surface area contributed by atoms with E-state index in [0.717, 1.165) is 12.2 Å². The molecule has 0 spiro atoms. The second kappa shape index (κ2) is 5.75. The molecule has 2 nitrogen and oxygen atoms in total. The molecule has 0 aliphatic heterocycles. The van der Waals surface area contributed by atoms with Gasteiger partial charge in [-0.2, -0.15) is 0 Å². The molecule has 0 amide bonds. The van der Waals surface area contributed by atoms with Crippen molar-refractivity contribution in [2.45, 2.75) is 65.6 Å². The Morgan fingerprint density at radius 1 is 1.22 bits per heavy atom. The standard InChI is InChI=1S/C16H26O2/c1-7-13-8-9-15(18-12(3)11(2)17)14(10-13)16(4,5)6/h8-12,17H,7H2,1-6H3. The third kappa shape index (κ3) is 3.74. The second-order valence-corrected chi connectivity index (χ2v) is 6.00. The van der Waals surface area contributed by atoms with Crippen LogP contribution in [-0.4, -0.2) is 17.3 Å². The molecule has 18 heavy (non-hydrogen) atoms. The lowest BCUT2D eigenvalue weighted by Crippen LogP contribution is -2.27. The van der Waals surface area contributed by atoms with Crippen molar-refractivity contribution in [3.63, 3.8) is 0 Å². The summed E-state index contributed by atoms with van der Waals surface area (Å²) in [6.45, 7) is 12.3. The van der Waals surface area contributed by atoms with Gasteiger partial charge in [-0.25, -0.2) is 0 Å². The zero-order valence-corrected chi connectivity index (χ0v) is 12.4. The number of hydrogen-bond donors (Lipinski definition) is 1. The van der Waals surface area contributed by atoms with Crippen LogP contribution in [0.25, 0.3) is 0 Å². The van der Waals surface area contributed by atoms with Crippen molar-refractivity contribution < 1.29 is 9.84 Å². The topological polar surface area (TPSA) is 29.5 Å². The SMILES string of the molecule is CCc1ccc(OC(C)C(C)O)c(C(C)(C)C)c1. The molecular formula is C16H26O2. The van der Waals surface area contributed by atoms with Crippen LogP contribution < -0.4 is 4.74 Å². The molecule has 0 saturated carbocycles. The van der Waals surface area contributed by atoms with E-state index in [-0.39, 0.29) is 11.5 Å². The van der Waals surface area contributed by atoms with Crippen LogP contribution in [0.5, 0.6) is 5.75 Å². The van der Waals surface area contributed by atoms with Gasteiger partial charge in [0.2, 0.25) is 0 Å². The van der Waals surface area contributed by atoms with Crippen LogP contribution in [0.1, 0.15) is 52.7 Å². The number of rotatable bonds is 4. The third-order valence-electron chi connectivity index (χ3n) is 3.25. The fraction of sp³-hybridized carbons (Fsp3) is 0.625. The number of aliphatic hydroxyl groups is 1. The third-order valence-corrected chi connectivity index (χ3v) is 3.25. The maximum atomic E-state index is 9.55. The molecule has 2 heteroatoms. The van der Waals surface area contributed by atoms with Crippen LogP contribution in [0, 0.1) is 0 Å². The van der Waals surface area contributed by atoms with Gasteiger partial charge in [-0.1, -0.05) is 39.8 Å². The van der Waals surface area contributed by atoms with Crippen molar-refractivity contribution in [1.82, 2.24) is 0 Å². The molecular weight excluding hydrogens is 224 g/mol. The molecule has 0 aliphatic rings. The minimum absolute atomic E-state index is 0.0406. The van der Waals surface area contributed by atoms with Crippen molar-refractivity contribution in [2.24, 2.45) is 0 Å². The summed E-state index contributed by atoms with van der Waals surface area (Å²) >= 11 is 0. The van der Waals surface area contributed by atoms with Gasteiger partial charge in [-0.05, 0) is 42.9 Å². The molecule has 0 radical (unpaired) electrons. The van der Waals surface area contributed by atoms with Gasteiger partial charge in [-0.15, -0.1) is 0 Å². The van der Waals surface area contributed by atoms with E-state index in [1.165, 1.54) is 11.1 Å². The van der Waals surface area contributed by atoms with E-state index >= 15 is 0 Å². The van der Waals surface area contributed by atoms with Gasteiger partial charge in [0.25, 0.3) is 0 Å². The Labute approximate surface area is 111 Å². The highest BCUT2D eigenvalue weighted by atomic mass is 16.5. The van der Waals surface area contributed by atoms with Crippen LogP contribution in [0.4, 0.5) is 0 Å². The van der Waals surface area contributed by atoms with Crippen molar-refractivity contribution in [2.75, 3.05) is 0 Å². The van der Waals surface area contributed by atoms with Gasteiger partial charge in [0.15, 0.2) is 0 Å². The highest BCUT2D eigenvalue weighted by Gasteiger charge is 2.21. The van der Waals surface area contributed by atoms with Gasteiger partial charge in [0.05, 0.1) is 6.10 Å². The Bertz CT molecular complexity index is 389. The Morgan fingerprint density at radius 3 is 2.28 bits per heavy atom. The van der Waals surface area contributed by atoms with E-state index in [2.05, 4.69) is 39.8 Å². The summed E-state index contributed by atoms with van der Waals surface area (Å²) in [5.41, 5.74) is 2.56. The van der Waals surface area contributed by atoms with Crippen LogP contribution >= 0.6 is 0 Å². The van der Waals surface area contributed by atoms with E-state index in [4.69, 9.17) is 4.74 Å². The van der Waals surface area contributed by atoms with Gasteiger partial charge < -0.3 is 9.84 Å². The molecule has 0 saturated heterocycles. The molecule has 1 N–H and O–H groups in total. The minimum atomic E-state index is -0.469. The summed E-state index contributed by atoms with van der Waals surface area (Å²) in [4.78, 5) is 0. The van der Waals surface area contributed by atoms with Gasteiger partial charge in [-0.3, -0.25) is 0 Å². The average Bonchev–Trinajstić information content (AvgIpc) is 2.27. The molecule has 1 aromatic carbocycles. The molecule has 0 aliphatic carbocycles. The summed E-state index contributed by atoms with van der Waals surface area (Å²) in [5, 5.41) is 9.55. The zero-order valence-electron chi connectivity index (χ0n) is 12.4. The van der Waals surface area contributed by atoms with Crippen LogP contribution in [0.2, 0.25) is 0 Å². The Kier molecular flexibility index (Phi) is 4.80. The summed E-state index contributed by atoms with van der Waals surface area (Å²) in [6.07, 6.45) is 0.359. The predicted molar refractivity (Wildman–Crippen MR) is 76.3 cm³/mol. The maximum Gasteiger partial charge on any atom is 0.123 e. The van der Waals surface area contributed by atoms with Crippen molar-refractivity contribution in [1.29, 1.82) is 0 Å². The first-order valence-electron chi connectivity index (χ1n) is 6.73. The lowest BCUT2D eigenvalue weighted by Gasteiger charge is -2.26. The quantitative estimate of drug-likeness (QED) is 0.883. The number of aliphatic hydroxyl groups excluding tert-OH is 1. The smallest absolute Gasteiger partial charge is 0.123 e. The van der Waals surface area contributed by atoms with E-state index in [1.54, 1.807) is 6.92 Å². The number of ether oxygens (including phenoxy) is 1. The first-order chi connectivity index (χ1) is 8.25. The second-order valence-electron chi connectivity index (χ2n) is 6.00. The molecule has 0 heterocycles.